The summed E-state index contributed by atoms with van der Waals surface area (Å²) in [6, 6.07) is 14.5. The van der Waals surface area contributed by atoms with Crippen molar-refractivity contribution >= 4 is 29.0 Å². The van der Waals surface area contributed by atoms with Crippen LogP contribution in [0.3, 0.4) is 0 Å². The highest BCUT2D eigenvalue weighted by atomic mass is 32.2. The Bertz CT molecular complexity index is 768. The average molecular weight is 384 g/mol. The molecule has 1 fully saturated rings. The zero-order valence-corrected chi connectivity index (χ0v) is 17.3. The van der Waals surface area contributed by atoms with Gasteiger partial charge in [-0.3, -0.25) is 4.79 Å². The highest BCUT2D eigenvalue weighted by Crippen LogP contribution is 2.25. The van der Waals surface area contributed by atoms with Crippen molar-refractivity contribution in [3.63, 3.8) is 0 Å². The van der Waals surface area contributed by atoms with Gasteiger partial charge in [0, 0.05) is 42.4 Å². The fourth-order valence-electron chi connectivity index (χ4n) is 3.37. The Morgan fingerprint density at radius 3 is 2.37 bits per heavy atom. The molecule has 5 heteroatoms. The van der Waals surface area contributed by atoms with Gasteiger partial charge in [0.1, 0.15) is 0 Å². The van der Waals surface area contributed by atoms with Crippen molar-refractivity contribution in [2.75, 3.05) is 48.7 Å². The maximum absolute atomic E-state index is 12.3. The Kier molecular flexibility index (Phi) is 6.80. The molecule has 1 heterocycles. The van der Waals surface area contributed by atoms with Crippen LogP contribution in [0.2, 0.25) is 0 Å². The first-order valence-electron chi connectivity index (χ1n) is 9.62. The summed E-state index contributed by atoms with van der Waals surface area (Å²) in [5.41, 5.74) is 4.59. The molecule has 1 N–H and O–H groups in total. The van der Waals surface area contributed by atoms with Crippen molar-refractivity contribution in [3.8, 4) is 0 Å². The first kappa shape index (κ1) is 19.8. The second kappa shape index (κ2) is 9.29. The minimum Gasteiger partial charge on any atom is -0.369 e. The maximum atomic E-state index is 12.3. The lowest BCUT2D eigenvalue weighted by molar-refractivity contribution is -0.113. The van der Waals surface area contributed by atoms with E-state index in [4.69, 9.17) is 0 Å². The molecular weight excluding hydrogens is 354 g/mol. The van der Waals surface area contributed by atoms with Crippen molar-refractivity contribution in [2.24, 2.45) is 0 Å². The molecule has 0 aromatic heterocycles. The normalized spacial score (nSPS) is 15.0. The molecule has 0 radical (unpaired) electrons. The summed E-state index contributed by atoms with van der Waals surface area (Å²) in [5.74, 6) is 0.451. The number of hydrogen-bond acceptors (Lipinski definition) is 4. The van der Waals surface area contributed by atoms with E-state index in [2.05, 4.69) is 72.3 Å². The number of rotatable bonds is 6. The molecule has 3 rings (SSSR count). The smallest absolute Gasteiger partial charge is 0.234 e. The first-order chi connectivity index (χ1) is 13.0. The van der Waals surface area contributed by atoms with Gasteiger partial charge in [-0.15, -0.1) is 11.8 Å². The summed E-state index contributed by atoms with van der Waals surface area (Å²) in [6.07, 6.45) is 0. The average Bonchev–Trinajstić information content (AvgIpc) is 2.68. The van der Waals surface area contributed by atoms with Gasteiger partial charge < -0.3 is 15.1 Å². The Labute approximate surface area is 166 Å². The van der Waals surface area contributed by atoms with E-state index in [-0.39, 0.29) is 5.91 Å². The summed E-state index contributed by atoms with van der Waals surface area (Å²) in [5, 5.41) is 3.02. The van der Waals surface area contributed by atoms with E-state index in [0.29, 0.717) is 5.75 Å². The lowest BCUT2D eigenvalue weighted by Gasteiger charge is -2.36. The molecule has 1 amide bonds. The molecule has 2 aromatic carbocycles. The second-order valence-corrected chi connectivity index (χ2v) is 8.12. The fourth-order valence-corrected chi connectivity index (χ4v) is 4.07. The molecule has 0 spiro atoms. The number of piperazine rings is 1. The van der Waals surface area contributed by atoms with E-state index >= 15 is 0 Å². The predicted molar refractivity (Wildman–Crippen MR) is 116 cm³/mol. The number of nitrogens with one attached hydrogen (secondary N) is 1. The predicted octanol–water partition coefficient (Wildman–Crippen LogP) is 4.18. The zero-order valence-electron chi connectivity index (χ0n) is 16.5. The summed E-state index contributed by atoms with van der Waals surface area (Å²) < 4.78 is 0. The highest BCUT2D eigenvalue weighted by Gasteiger charge is 2.17. The van der Waals surface area contributed by atoms with E-state index in [0.717, 1.165) is 43.3 Å². The molecule has 0 unspecified atom stereocenters. The molecular formula is C22H29N3OS. The Hall–Kier alpha value is -1.98. The van der Waals surface area contributed by atoms with E-state index < -0.39 is 0 Å². The van der Waals surface area contributed by atoms with Crippen molar-refractivity contribution in [2.45, 2.75) is 25.7 Å². The fraction of sp³-hybridized carbons (Fsp3) is 0.409. The molecule has 1 aliphatic rings. The lowest BCUT2D eigenvalue weighted by atomic mass is 10.1. The molecule has 4 nitrogen and oxygen atoms in total. The molecule has 0 saturated carbocycles. The van der Waals surface area contributed by atoms with Crippen LogP contribution in [0, 0.1) is 13.8 Å². The third kappa shape index (κ3) is 5.50. The molecule has 0 aliphatic carbocycles. The molecule has 1 aliphatic heterocycles. The van der Waals surface area contributed by atoms with E-state index in [1.165, 1.54) is 16.8 Å². The van der Waals surface area contributed by atoms with Crippen LogP contribution >= 0.6 is 11.8 Å². The van der Waals surface area contributed by atoms with E-state index in [9.17, 15) is 4.79 Å². The van der Waals surface area contributed by atoms with Crippen LogP contribution in [0.25, 0.3) is 0 Å². The molecule has 27 heavy (non-hydrogen) atoms. The largest absolute Gasteiger partial charge is 0.369 e. The van der Waals surface area contributed by atoms with E-state index in [1.807, 2.05) is 6.07 Å². The first-order valence-corrected chi connectivity index (χ1v) is 10.6. The standard InChI is InChI=1S/C22H29N3OS/c1-4-24-11-13-25(14-12-24)21-10-7-19(15-18(21)3)23-22(26)16-27-20-8-5-17(2)6-9-20/h5-10,15H,4,11-14,16H2,1-3H3,(H,23,26). The summed E-state index contributed by atoms with van der Waals surface area (Å²) in [4.78, 5) is 18.3. The number of benzene rings is 2. The van der Waals surface area contributed by atoms with Gasteiger partial charge in [0.05, 0.1) is 5.75 Å². The van der Waals surface area contributed by atoms with Gasteiger partial charge in [-0.1, -0.05) is 24.6 Å². The summed E-state index contributed by atoms with van der Waals surface area (Å²) in [7, 11) is 0. The van der Waals surface area contributed by atoms with Gasteiger partial charge >= 0.3 is 0 Å². The van der Waals surface area contributed by atoms with Gasteiger partial charge in [0.25, 0.3) is 0 Å². The van der Waals surface area contributed by atoms with Crippen molar-refractivity contribution in [1.29, 1.82) is 0 Å². The van der Waals surface area contributed by atoms with Gasteiger partial charge in [0.15, 0.2) is 0 Å². The third-order valence-electron chi connectivity index (χ3n) is 5.03. The highest BCUT2D eigenvalue weighted by molar-refractivity contribution is 8.00. The number of hydrogen-bond donors (Lipinski definition) is 1. The van der Waals surface area contributed by atoms with Crippen molar-refractivity contribution < 1.29 is 4.79 Å². The molecule has 144 valence electrons. The number of carbonyl (C=O) groups is 1. The second-order valence-electron chi connectivity index (χ2n) is 7.07. The van der Waals surface area contributed by atoms with Crippen LogP contribution in [0.15, 0.2) is 47.4 Å². The zero-order chi connectivity index (χ0) is 19.2. The number of aryl methyl sites for hydroxylation is 2. The van der Waals surface area contributed by atoms with Crippen LogP contribution in [-0.2, 0) is 4.79 Å². The van der Waals surface area contributed by atoms with Gasteiger partial charge in [-0.25, -0.2) is 0 Å². The summed E-state index contributed by atoms with van der Waals surface area (Å²) >= 11 is 1.56. The van der Waals surface area contributed by atoms with Crippen LogP contribution in [0.5, 0.6) is 0 Å². The van der Waals surface area contributed by atoms with Crippen molar-refractivity contribution in [3.05, 3.63) is 53.6 Å². The number of thioether (sulfide) groups is 1. The molecule has 0 atom stereocenters. The topological polar surface area (TPSA) is 35.6 Å². The molecule has 0 bridgehead atoms. The molecule has 1 saturated heterocycles. The number of amides is 1. The molecule has 2 aromatic rings. The van der Waals surface area contributed by atoms with Gasteiger partial charge in [-0.2, -0.15) is 0 Å². The third-order valence-corrected chi connectivity index (χ3v) is 6.04. The van der Waals surface area contributed by atoms with Crippen LogP contribution in [-0.4, -0.2) is 49.3 Å². The minimum atomic E-state index is 0.0317. The van der Waals surface area contributed by atoms with Gasteiger partial charge in [0.2, 0.25) is 5.91 Å². The Morgan fingerprint density at radius 1 is 1.04 bits per heavy atom. The number of carbonyl (C=O) groups excluding carboxylic acids is 1. The van der Waals surface area contributed by atoms with Gasteiger partial charge in [-0.05, 0) is 56.3 Å². The lowest BCUT2D eigenvalue weighted by Crippen LogP contribution is -2.46. The monoisotopic (exact) mass is 383 g/mol. The SMILES string of the molecule is CCN1CCN(c2ccc(NC(=O)CSc3ccc(C)cc3)cc2C)CC1. The van der Waals surface area contributed by atoms with E-state index in [1.54, 1.807) is 11.8 Å². The number of likely N-dealkylation sites (N-methyl/N-ethyl adjacent to an activating group) is 1. The van der Waals surface area contributed by atoms with Crippen LogP contribution < -0.4 is 10.2 Å². The number of anilines is 2. The summed E-state index contributed by atoms with van der Waals surface area (Å²) in [6.45, 7) is 11.9. The Balaban J connectivity index is 1.54. The van der Waals surface area contributed by atoms with Crippen molar-refractivity contribution in [1.82, 2.24) is 4.90 Å². The Morgan fingerprint density at radius 2 is 1.74 bits per heavy atom. The van der Waals surface area contributed by atoms with Crippen LogP contribution in [0.1, 0.15) is 18.1 Å². The quantitative estimate of drug-likeness (QED) is 0.759. The maximum Gasteiger partial charge on any atom is 0.234 e. The number of nitrogens with zero attached hydrogens (tertiary/aromatic N) is 2. The van der Waals surface area contributed by atoms with Crippen LogP contribution in [0.4, 0.5) is 11.4 Å². The minimum absolute atomic E-state index is 0.0317.